The zero-order valence-electron chi connectivity index (χ0n) is 21.2. The average molecular weight is 493 g/mol. The molecule has 0 fully saturated rings. The Bertz CT molecular complexity index is 1750. The molecule has 1 aromatic heterocycles. The summed E-state index contributed by atoms with van der Waals surface area (Å²) in [7, 11) is 0. The van der Waals surface area contributed by atoms with Gasteiger partial charge in [-0.05, 0) is 72.8 Å². The molecule has 2 aliphatic heterocycles. The molecule has 4 heteroatoms. The lowest BCUT2D eigenvalue weighted by molar-refractivity contribution is 0.906. The van der Waals surface area contributed by atoms with E-state index in [0.717, 1.165) is 28.3 Å². The molecule has 3 heterocycles. The van der Waals surface area contributed by atoms with Gasteiger partial charge in [0.15, 0.2) is 0 Å². The molecule has 3 N–H and O–H groups in total. The van der Waals surface area contributed by atoms with Crippen molar-refractivity contribution in [3.63, 3.8) is 0 Å². The zero-order chi connectivity index (χ0) is 25.6. The van der Waals surface area contributed by atoms with Crippen LogP contribution in [0, 0.1) is 0 Å². The number of hydrogen-bond acceptors (Lipinski definition) is 3. The van der Waals surface area contributed by atoms with Gasteiger partial charge in [0.2, 0.25) is 0 Å². The summed E-state index contributed by atoms with van der Waals surface area (Å²) < 4.78 is 2.35. The standard InChI is InChI=1S/C34H28N4/c1-2-23(20-21-35)24-16-18-26(19-17-24)38-32-15-9-7-13-28(32)30-22-29-27-12-6-8-14-31(27)37(33(29)36-34(30)38)25-10-4-3-5-11-25/h2-22,34,36H,35H2,1H3/b21-20-,23-2+. The highest BCUT2D eigenvalue weighted by atomic mass is 15.3. The number of nitrogens with two attached hydrogens (primary N) is 1. The van der Waals surface area contributed by atoms with Gasteiger partial charge in [-0.3, -0.25) is 4.57 Å². The monoisotopic (exact) mass is 492 g/mol. The minimum atomic E-state index is -0.0253. The van der Waals surface area contributed by atoms with Crippen LogP contribution in [0.15, 0.2) is 121 Å². The predicted octanol–water partition coefficient (Wildman–Crippen LogP) is 7.95. The molecule has 0 saturated heterocycles. The van der Waals surface area contributed by atoms with Crippen molar-refractivity contribution in [1.82, 2.24) is 4.57 Å². The molecule has 0 aliphatic carbocycles. The molecule has 7 rings (SSSR count). The van der Waals surface area contributed by atoms with Crippen molar-refractivity contribution >= 4 is 45.3 Å². The number of anilines is 3. The molecule has 38 heavy (non-hydrogen) atoms. The van der Waals surface area contributed by atoms with Crippen LogP contribution in [0.1, 0.15) is 23.6 Å². The second-order valence-corrected chi connectivity index (χ2v) is 9.63. The normalized spacial score (nSPS) is 16.2. The highest BCUT2D eigenvalue weighted by Gasteiger charge is 2.38. The third-order valence-corrected chi connectivity index (χ3v) is 7.59. The van der Waals surface area contributed by atoms with Crippen molar-refractivity contribution < 1.29 is 0 Å². The van der Waals surface area contributed by atoms with E-state index in [1.807, 2.05) is 13.0 Å². The van der Waals surface area contributed by atoms with E-state index in [2.05, 4.69) is 130 Å². The fourth-order valence-corrected chi connectivity index (χ4v) is 5.90. The summed E-state index contributed by atoms with van der Waals surface area (Å²) in [6, 6.07) is 36.7. The van der Waals surface area contributed by atoms with Crippen molar-refractivity contribution in [2.45, 2.75) is 13.1 Å². The van der Waals surface area contributed by atoms with Crippen LogP contribution in [0.4, 0.5) is 17.2 Å². The minimum Gasteiger partial charge on any atom is -0.405 e. The molecule has 0 saturated carbocycles. The van der Waals surface area contributed by atoms with Gasteiger partial charge >= 0.3 is 0 Å². The molecule has 0 amide bonds. The van der Waals surface area contributed by atoms with Crippen LogP contribution in [0.3, 0.4) is 0 Å². The SMILES string of the molecule is C/C=C(\C=C/N)c1ccc(N2c3ccccc3C3=Cc4c(n(-c5ccccc5)c5ccccc45)NC32)cc1. The molecular weight excluding hydrogens is 464 g/mol. The van der Waals surface area contributed by atoms with E-state index in [0.29, 0.717) is 0 Å². The Labute approximate surface area is 222 Å². The number of nitrogens with one attached hydrogen (secondary N) is 1. The van der Waals surface area contributed by atoms with Crippen LogP contribution in [-0.2, 0) is 0 Å². The van der Waals surface area contributed by atoms with Crippen LogP contribution in [0.25, 0.3) is 33.8 Å². The number of hydrogen-bond donors (Lipinski definition) is 2. The molecule has 4 nitrogen and oxygen atoms in total. The molecule has 1 unspecified atom stereocenters. The van der Waals surface area contributed by atoms with Gasteiger partial charge in [-0.15, -0.1) is 0 Å². The molecule has 5 aromatic rings. The van der Waals surface area contributed by atoms with Crippen LogP contribution in [0.2, 0.25) is 0 Å². The maximum Gasteiger partial charge on any atom is 0.132 e. The van der Waals surface area contributed by atoms with Gasteiger partial charge < -0.3 is 16.0 Å². The molecule has 0 bridgehead atoms. The first-order valence-electron chi connectivity index (χ1n) is 13.0. The van der Waals surface area contributed by atoms with E-state index in [-0.39, 0.29) is 6.17 Å². The van der Waals surface area contributed by atoms with Gasteiger partial charge in [0.05, 0.1) is 11.2 Å². The zero-order valence-corrected chi connectivity index (χ0v) is 21.2. The quantitative estimate of drug-likeness (QED) is 0.250. The Hall–Kier alpha value is -4.96. The van der Waals surface area contributed by atoms with Gasteiger partial charge in [-0.25, -0.2) is 0 Å². The number of allylic oxidation sites excluding steroid dienone is 3. The second-order valence-electron chi connectivity index (χ2n) is 9.63. The number of para-hydroxylation sites is 3. The summed E-state index contributed by atoms with van der Waals surface area (Å²) in [6.45, 7) is 2.03. The lowest BCUT2D eigenvalue weighted by atomic mass is 9.99. The third kappa shape index (κ3) is 3.31. The number of aromatic nitrogens is 1. The molecular formula is C34H28N4. The first kappa shape index (κ1) is 22.3. The van der Waals surface area contributed by atoms with E-state index < -0.39 is 0 Å². The van der Waals surface area contributed by atoms with E-state index in [9.17, 15) is 0 Å². The van der Waals surface area contributed by atoms with Gasteiger partial charge in [0, 0.05) is 33.5 Å². The highest BCUT2D eigenvalue weighted by Crippen LogP contribution is 2.50. The Morgan fingerprint density at radius 2 is 1.55 bits per heavy atom. The van der Waals surface area contributed by atoms with Crippen molar-refractivity contribution in [1.29, 1.82) is 0 Å². The molecule has 184 valence electrons. The maximum absolute atomic E-state index is 5.67. The average Bonchev–Trinajstić information content (AvgIpc) is 3.47. The van der Waals surface area contributed by atoms with Gasteiger partial charge in [-0.2, -0.15) is 0 Å². The largest absolute Gasteiger partial charge is 0.405 e. The Morgan fingerprint density at radius 1 is 0.816 bits per heavy atom. The summed E-state index contributed by atoms with van der Waals surface area (Å²) in [5.74, 6) is 1.12. The Kier molecular flexibility index (Phi) is 5.19. The fourth-order valence-electron chi connectivity index (χ4n) is 5.90. The molecule has 0 spiro atoms. The summed E-state index contributed by atoms with van der Waals surface area (Å²) in [5, 5.41) is 5.21. The maximum atomic E-state index is 5.67. The van der Waals surface area contributed by atoms with Crippen molar-refractivity contribution in [3.05, 3.63) is 138 Å². The van der Waals surface area contributed by atoms with E-state index in [1.165, 1.54) is 33.3 Å². The molecule has 1 atom stereocenters. The van der Waals surface area contributed by atoms with Gasteiger partial charge in [0.1, 0.15) is 12.0 Å². The van der Waals surface area contributed by atoms with Gasteiger partial charge in [0.25, 0.3) is 0 Å². The molecule has 2 aliphatic rings. The number of fused-ring (bicyclic) bond motifs is 6. The first-order chi connectivity index (χ1) is 18.8. The van der Waals surface area contributed by atoms with Crippen LogP contribution in [-0.4, -0.2) is 10.7 Å². The van der Waals surface area contributed by atoms with E-state index in [1.54, 1.807) is 6.20 Å². The molecule has 0 radical (unpaired) electrons. The minimum absolute atomic E-state index is 0.0253. The van der Waals surface area contributed by atoms with Crippen LogP contribution < -0.4 is 16.0 Å². The lowest BCUT2D eigenvalue weighted by Crippen LogP contribution is -2.36. The predicted molar refractivity (Wildman–Crippen MR) is 161 cm³/mol. The summed E-state index contributed by atoms with van der Waals surface area (Å²) in [4.78, 5) is 2.41. The van der Waals surface area contributed by atoms with Crippen molar-refractivity contribution in [3.8, 4) is 5.69 Å². The summed E-state index contributed by atoms with van der Waals surface area (Å²) in [5.41, 5.74) is 16.4. The number of rotatable bonds is 4. The van der Waals surface area contributed by atoms with Crippen LogP contribution in [0.5, 0.6) is 0 Å². The van der Waals surface area contributed by atoms with E-state index >= 15 is 0 Å². The lowest BCUT2D eigenvalue weighted by Gasteiger charge is -2.32. The van der Waals surface area contributed by atoms with Gasteiger partial charge in [-0.1, -0.05) is 72.8 Å². The smallest absolute Gasteiger partial charge is 0.132 e. The Balaban J connectivity index is 1.40. The second kappa shape index (κ2) is 8.86. The fraction of sp³-hybridized carbons (Fsp3) is 0.0588. The van der Waals surface area contributed by atoms with Crippen LogP contribution >= 0.6 is 0 Å². The number of nitrogens with zero attached hydrogens (tertiary/aromatic N) is 2. The Morgan fingerprint density at radius 3 is 2.34 bits per heavy atom. The topological polar surface area (TPSA) is 46.2 Å². The highest BCUT2D eigenvalue weighted by molar-refractivity contribution is 6.09. The van der Waals surface area contributed by atoms with E-state index in [4.69, 9.17) is 5.73 Å². The van der Waals surface area contributed by atoms with Crippen molar-refractivity contribution in [2.75, 3.05) is 10.2 Å². The van der Waals surface area contributed by atoms with Crippen molar-refractivity contribution in [2.24, 2.45) is 5.73 Å². The number of benzene rings is 4. The molecule has 4 aromatic carbocycles. The third-order valence-electron chi connectivity index (χ3n) is 7.59. The first-order valence-corrected chi connectivity index (χ1v) is 13.0. The summed E-state index contributed by atoms with van der Waals surface area (Å²) in [6.07, 6.45) is 7.97. The summed E-state index contributed by atoms with van der Waals surface area (Å²) >= 11 is 0.